The molecule has 0 bridgehead atoms. The number of carbonyl (C=O) groups excluding carboxylic acids is 1. The summed E-state index contributed by atoms with van der Waals surface area (Å²) in [6.07, 6.45) is 1.78. The van der Waals surface area contributed by atoms with Crippen LogP contribution in [0.4, 0.5) is 10.8 Å². The Morgan fingerprint density at radius 3 is 2.85 bits per heavy atom. The quantitative estimate of drug-likeness (QED) is 0.394. The summed E-state index contributed by atoms with van der Waals surface area (Å²) in [6.45, 7) is 0. The van der Waals surface area contributed by atoms with Gasteiger partial charge in [0.25, 0.3) is 5.69 Å². The zero-order valence-corrected chi connectivity index (χ0v) is 12.0. The van der Waals surface area contributed by atoms with Crippen LogP contribution >= 0.6 is 23.1 Å². The second-order valence-electron chi connectivity index (χ2n) is 3.69. The number of amides is 1. The minimum Gasteiger partial charge on any atom is -0.300 e. The Labute approximate surface area is 122 Å². The highest BCUT2D eigenvalue weighted by atomic mass is 32.2. The Bertz CT molecular complexity index is 644. The van der Waals surface area contributed by atoms with Crippen molar-refractivity contribution in [2.75, 3.05) is 11.6 Å². The van der Waals surface area contributed by atoms with Crippen molar-refractivity contribution < 1.29 is 9.72 Å². The van der Waals surface area contributed by atoms with E-state index in [2.05, 4.69) is 15.5 Å². The van der Waals surface area contributed by atoms with Gasteiger partial charge in [-0.3, -0.25) is 14.9 Å². The molecular weight excluding hydrogens is 300 g/mol. The number of nitro groups is 1. The Hall–Kier alpha value is -2.00. The molecule has 20 heavy (non-hydrogen) atoms. The molecule has 7 nitrogen and oxygen atoms in total. The van der Waals surface area contributed by atoms with Crippen molar-refractivity contribution in [3.63, 3.8) is 0 Å². The van der Waals surface area contributed by atoms with E-state index in [9.17, 15) is 14.9 Å². The molecule has 1 heterocycles. The summed E-state index contributed by atoms with van der Waals surface area (Å²) in [7, 11) is 0. The molecule has 0 aliphatic carbocycles. The van der Waals surface area contributed by atoms with Crippen LogP contribution in [-0.2, 0) is 11.2 Å². The first-order valence-electron chi connectivity index (χ1n) is 5.50. The topological polar surface area (TPSA) is 98.0 Å². The van der Waals surface area contributed by atoms with Crippen molar-refractivity contribution in [3.8, 4) is 0 Å². The van der Waals surface area contributed by atoms with Crippen LogP contribution < -0.4 is 5.32 Å². The van der Waals surface area contributed by atoms with Gasteiger partial charge in [-0.2, -0.15) is 0 Å². The first kappa shape index (κ1) is 14.4. The van der Waals surface area contributed by atoms with E-state index in [0.717, 1.165) is 4.34 Å². The number of carbonyl (C=O) groups is 1. The molecule has 2 aromatic rings. The molecule has 2 rings (SSSR count). The fourth-order valence-electron chi connectivity index (χ4n) is 1.52. The molecule has 0 aliphatic rings. The van der Waals surface area contributed by atoms with Gasteiger partial charge >= 0.3 is 0 Å². The second kappa shape index (κ2) is 6.44. The number of hydrogen-bond acceptors (Lipinski definition) is 7. The average molecular weight is 310 g/mol. The number of aromatic nitrogens is 2. The maximum Gasteiger partial charge on any atom is 0.273 e. The van der Waals surface area contributed by atoms with E-state index in [-0.39, 0.29) is 18.0 Å². The van der Waals surface area contributed by atoms with Crippen LogP contribution in [-0.4, -0.2) is 27.3 Å². The molecule has 104 valence electrons. The predicted octanol–water partition coefficient (Wildman–Crippen LogP) is 2.35. The van der Waals surface area contributed by atoms with Gasteiger partial charge in [0.2, 0.25) is 11.0 Å². The molecule has 1 amide bonds. The van der Waals surface area contributed by atoms with Crippen LogP contribution in [0.15, 0.2) is 28.6 Å². The van der Waals surface area contributed by atoms with Crippen molar-refractivity contribution in [1.82, 2.24) is 10.2 Å². The number of thioether (sulfide) groups is 1. The number of nitro benzene ring substituents is 1. The van der Waals surface area contributed by atoms with Gasteiger partial charge in [0.15, 0.2) is 4.34 Å². The minimum atomic E-state index is -0.501. The molecule has 0 unspecified atom stereocenters. The summed E-state index contributed by atoms with van der Waals surface area (Å²) >= 11 is 2.69. The van der Waals surface area contributed by atoms with E-state index < -0.39 is 4.92 Å². The number of hydrogen-bond donors (Lipinski definition) is 1. The third kappa shape index (κ3) is 3.52. The number of rotatable bonds is 5. The Kier molecular flexibility index (Phi) is 4.64. The molecule has 0 radical (unpaired) electrons. The highest BCUT2D eigenvalue weighted by molar-refractivity contribution is 8.00. The third-order valence-corrected chi connectivity index (χ3v) is 4.18. The van der Waals surface area contributed by atoms with Gasteiger partial charge in [-0.15, -0.1) is 10.2 Å². The average Bonchev–Trinajstić information content (AvgIpc) is 2.86. The van der Waals surface area contributed by atoms with Gasteiger partial charge in [0, 0.05) is 11.6 Å². The maximum atomic E-state index is 11.9. The normalized spacial score (nSPS) is 10.2. The third-order valence-electron chi connectivity index (χ3n) is 2.37. The summed E-state index contributed by atoms with van der Waals surface area (Å²) in [4.78, 5) is 22.2. The first-order chi connectivity index (χ1) is 9.60. The monoisotopic (exact) mass is 310 g/mol. The highest BCUT2D eigenvalue weighted by Gasteiger charge is 2.16. The van der Waals surface area contributed by atoms with Crippen molar-refractivity contribution >= 4 is 39.8 Å². The standard InChI is InChI=1S/C11H10N4O3S2/c1-19-11-14-13-10(20-11)12-9(16)6-7-4-2-3-5-8(7)15(17)18/h2-5H,6H2,1H3,(H,12,13,16). The van der Waals surface area contributed by atoms with E-state index in [1.807, 2.05) is 6.26 Å². The molecule has 0 aliphatic heterocycles. The SMILES string of the molecule is CSc1nnc(NC(=O)Cc2ccccc2[N+](=O)[O-])s1. The van der Waals surface area contributed by atoms with Gasteiger partial charge in [0.05, 0.1) is 11.3 Å². The van der Waals surface area contributed by atoms with Gasteiger partial charge in [-0.05, 0) is 6.26 Å². The molecule has 0 atom stereocenters. The zero-order valence-electron chi connectivity index (χ0n) is 10.4. The van der Waals surface area contributed by atoms with Crippen molar-refractivity contribution in [2.45, 2.75) is 10.8 Å². The molecule has 0 saturated heterocycles. The number of para-hydroxylation sites is 1. The van der Waals surface area contributed by atoms with Crippen molar-refractivity contribution in [3.05, 3.63) is 39.9 Å². The molecule has 1 aromatic heterocycles. The predicted molar refractivity (Wildman–Crippen MR) is 77.1 cm³/mol. The van der Waals surface area contributed by atoms with Crippen LogP contribution in [0, 0.1) is 10.1 Å². The smallest absolute Gasteiger partial charge is 0.273 e. The number of anilines is 1. The molecule has 9 heteroatoms. The van der Waals surface area contributed by atoms with E-state index in [0.29, 0.717) is 10.7 Å². The van der Waals surface area contributed by atoms with Crippen molar-refractivity contribution in [2.24, 2.45) is 0 Å². The Balaban J connectivity index is 2.06. The van der Waals surface area contributed by atoms with Gasteiger partial charge in [-0.1, -0.05) is 41.3 Å². The fraction of sp³-hybridized carbons (Fsp3) is 0.182. The lowest BCUT2D eigenvalue weighted by molar-refractivity contribution is -0.385. The molecule has 0 saturated carbocycles. The van der Waals surface area contributed by atoms with Crippen LogP contribution in [0.2, 0.25) is 0 Å². The number of nitrogens with one attached hydrogen (secondary N) is 1. The van der Waals surface area contributed by atoms with Crippen LogP contribution in [0.25, 0.3) is 0 Å². The first-order valence-corrected chi connectivity index (χ1v) is 7.54. The summed E-state index contributed by atoms with van der Waals surface area (Å²) in [5.74, 6) is -0.358. The summed E-state index contributed by atoms with van der Waals surface area (Å²) < 4.78 is 0.742. The zero-order chi connectivity index (χ0) is 14.5. The molecule has 1 aromatic carbocycles. The van der Waals surface area contributed by atoms with Gasteiger partial charge in [0.1, 0.15) is 0 Å². The maximum absolute atomic E-state index is 11.9. The van der Waals surface area contributed by atoms with Gasteiger partial charge < -0.3 is 5.32 Å². The molecule has 1 N–H and O–H groups in total. The minimum absolute atomic E-state index is 0.0651. The summed E-state index contributed by atoms with van der Waals surface area (Å²) in [5, 5.41) is 21.5. The summed E-state index contributed by atoms with van der Waals surface area (Å²) in [6, 6.07) is 6.16. The van der Waals surface area contributed by atoms with E-state index in [1.54, 1.807) is 18.2 Å². The summed E-state index contributed by atoms with van der Waals surface area (Å²) in [5.41, 5.74) is 0.300. The van der Waals surface area contributed by atoms with Gasteiger partial charge in [-0.25, -0.2) is 0 Å². The molecule has 0 spiro atoms. The van der Waals surface area contributed by atoms with Crippen LogP contribution in [0.5, 0.6) is 0 Å². The Morgan fingerprint density at radius 2 is 2.20 bits per heavy atom. The molecule has 0 fully saturated rings. The highest BCUT2D eigenvalue weighted by Crippen LogP contribution is 2.24. The van der Waals surface area contributed by atoms with E-state index in [1.165, 1.54) is 29.2 Å². The largest absolute Gasteiger partial charge is 0.300 e. The molecular formula is C11H10N4O3S2. The lowest BCUT2D eigenvalue weighted by Gasteiger charge is -2.02. The number of nitrogens with zero attached hydrogens (tertiary/aromatic N) is 3. The Morgan fingerprint density at radius 1 is 1.45 bits per heavy atom. The van der Waals surface area contributed by atoms with Crippen molar-refractivity contribution in [1.29, 1.82) is 0 Å². The lowest BCUT2D eigenvalue weighted by atomic mass is 10.1. The van der Waals surface area contributed by atoms with Crippen LogP contribution in [0.3, 0.4) is 0 Å². The fourth-order valence-corrected chi connectivity index (χ4v) is 2.70. The van der Waals surface area contributed by atoms with E-state index in [4.69, 9.17) is 0 Å². The lowest BCUT2D eigenvalue weighted by Crippen LogP contribution is -2.15. The number of benzene rings is 1. The van der Waals surface area contributed by atoms with Crippen LogP contribution in [0.1, 0.15) is 5.56 Å². The second-order valence-corrected chi connectivity index (χ2v) is 5.72. The van der Waals surface area contributed by atoms with E-state index >= 15 is 0 Å².